The topological polar surface area (TPSA) is 75.9 Å². The highest BCUT2D eigenvalue weighted by atomic mass is 35.5. The van der Waals surface area contributed by atoms with Crippen molar-refractivity contribution in [3.63, 3.8) is 0 Å². The van der Waals surface area contributed by atoms with Crippen molar-refractivity contribution >= 4 is 46.1 Å². The molecule has 0 aliphatic carbocycles. The molecular formula is C17H25ClN6OS. The van der Waals surface area contributed by atoms with Crippen LogP contribution in [0.3, 0.4) is 0 Å². The lowest BCUT2D eigenvalue weighted by atomic mass is 10.3. The number of carbonyl (C=O) groups excluding carboxylic acids is 1. The van der Waals surface area contributed by atoms with Crippen LogP contribution in [0.5, 0.6) is 0 Å². The van der Waals surface area contributed by atoms with Crippen LogP contribution >= 0.6 is 23.4 Å². The first kappa shape index (κ1) is 19.2. The van der Waals surface area contributed by atoms with Gasteiger partial charge in [-0.05, 0) is 25.0 Å². The number of nitrogens with one attached hydrogen (secondary N) is 1. The summed E-state index contributed by atoms with van der Waals surface area (Å²) in [5.74, 6) is 2.44. The first-order valence-electron chi connectivity index (χ1n) is 9.17. The number of fused-ring (bicyclic) bond motifs is 1. The molecule has 1 amide bonds. The first-order chi connectivity index (χ1) is 12.7. The van der Waals surface area contributed by atoms with Crippen molar-refractivity contribution in [1.29, 1.82) is 0 Å². The van der Waals surface area contributed by atoms with Gasteiger partial charge in [0.15, 0.2) is 10.8 Å². The Balaban J connectivity index is 1.77. The molecule has 0 bridgehead atoms. The summed E-state index contributed by atoms with van der Waals surface area (Å²) in [4.78, 5) is 23.5. The van der Waals surface area contributed by atoms with Gasteiger partial charge in [-0.3, -0.25) is 4.79 Å². The van der Waals surface area contributed by atoms with Crippen molar-refractivity contribution in [2.45, 2.75) is 44.3 Å². The SMILES string of the molecule is CCSc1nc(N2CCCC2)c2cnn(CCNC(=O)CCCCl)c2n1. The minimum absolute atomic E-state index is 0.0247. The molecule has 2 aromatic heterocycles. The molecular weight excluding hydrogens is 372 g/mol. The number of halogens is 1. The summed E-state index contributed by atoms with van der Waals surface area (Å²) in [6.07, 6.45) is 5.40. The molecule has 7 nitrogen and oxygen atoms in total. The Morgan fingerprint density at radius 3 is 2.88 bits per heavy atom. The molecule has 142 valence electrons. The van der Waals surface area contributed by atoms with Crippen molar-refractivity contribution in [3.8, 4) is 0 Å². The van der Waals surface area contributed by atoms with E-state index < -0.39 is 0 Å². The van der Waals surface area contributed by atoms with E-state index in [9.17, 15) is 4.79 Å². The van der Waals surface area contributed by atoms with Gasteiger partial charge in [0, 0.05) is 31.9 Å². The summed E-state index contributed by atoms with van der Waals surface area (Å²) in [5, 5.41) is 9.18. The van der Waals surface area contributed by atoms with E-state index in [0.29, 0.717) is 31.8 Å². The zero-order valence-corrected chi connectivity index (χ0v) is 16.7. The van der Waals surface area contributed by atoms with Crippen LogP contribution in [0, 0.1) is 0 Å². The highest BCUT2D eigenvalue weighted by Crippen LogP contribution is 2.29. The minimum Gasteiger partial charge on any atom is -0.356 e. The van der Waals surface area contributed by atoms with Gasteiger partial charge in [0.2, 0.25) is 5.91 Å². The largest absolute Gasteiger partial charge is 0.356 e. The molecule has 0 saturated carbocycles. The number of rotatable bonds is 9. The number of carbonyl (C=O) groups is 1. The Bertz CT molecular complexity index is 746. The van der Waals surface area contributed by atoms with E-state index in [-0.39, 0.29) is 5.91 Å². The third-order valence-electron chi connectivity index (χ3n) is 4.32. The Kier molecular flexibility index (Phi) is 6.96. The smallest absolute Gasteiger partial charge is 0.220 e. The van der Waals surface area contributed by atoms with Gasteiger partial charge in [0.1, 0.15) is 5.82 Å². The second-order valence-electron chi connectivity index (χ2n) is 6.20. The summed E-state index contributed by atoms with van der Waals surface area (Å²) in [6, 6.07) is 0. The normalized spacial score (nSPS) is 14.3. The zero-order valence-electron chi connectivity index (χ0n) is 15.1. The Labute approximate surface area is 162 Å². The number of anilines is 1. The summed E-state index contributed by atoms with van der Waals surface area (Å²) >= 11 is 7.26. The van der Waals surface area contributed by atoms with Gasteiger partial charge in [-0.15, -0.1) is 11.6 Å². The fourth-order valence-corrected chi connectivity index (χ4v) is 3.76. The lowest BCUT2D eigenvalue weighted by molar-refractivity contribution is -0.121. The third-order valence-corrected chi connectivity index (χ3v) is 5.31. The molecule has 0 unspecified atom stereocenters. The van der Waals surface area contributed by atoms with E-state index in [1.807, 2.05) is 10.9 Å². The zero-order chi connectivity index (χ0) is 18.4. The van der Waals surface area contributed by atoms with Crippen LogP contribution in [-0.4, -0.2) is 56.9 Å². The Morgan fingerprint density at radius 2 is 2.15 bits per heavy atom. The van der Waals surface area contributed by atoms with E-state index in [2.05, 4.69) is 22.2 Å². The predicted octanol–water partition coefficient (Wildman–Crippen LogP) is 2.67. The molecule has 1 aliphatic heterocycles. The molecule has 0 atom stereocenters. The monoisotopic (exact) mass is 396 g/mol. The van der Waals surface area contributed by atoms with Crippen molar-refractivity contribution in [2.24, 2.45) is 0 Å². The van der Waals surface area contributed by atoms with E-state index in [0.717, 1.165) is 40.9 Å². The second-order valence-corrected chi connectivity index (χ2v) is 7.81. The van der Waals surface area contributed by atoms with E-state index in [4.69, 9.17) is 21.6 Å². The average molecular weight is 397 g/mol. The van der Waals surface area contributed by atoms with E-state index >= 15 is 0 Å². The van der Waals surface area contributed by atoms with Crippen LogP contribution in [0.2, 0.25) is 0 Å². The molecule has 1 aliphatic rings. The number of amides is 1. The van der Waals surface area contributed by atoms with E-state index in [1.54, 1.807) is 11.8 Å². The van der Waals surface area contributed by atoms with Gasteiger partial charge >= 0.3 is 0 Å². The molecule has 1 N–H and O–H groups in total. The van der Waals surface area contributed by atoms with Gasteiger partial charge in [-0.2, -0.15) is 5.10 Å². The molecule has 9 heteroatoms. The molecule has 0 spiro atoms. The number of nitrogens with zero attached hydrogens (tertiary/aromatic N) is 5. The fraction of sp³-hybridized carbons (Fsp3) is 0.647. The Morgan fingerprint density at radius 1 is 1.35 bits per heavy atom. The molecule has 1 saturated heterocycles. The molecule has 0 aromatic carbocycles. The van der Waals surface area contributed by atoms with Gasteiger partial charge < -0.3 is 10.2 Å². The molecule has 1 fully saturated rings. The quantitative estimate of drug-likeness (QED) is 0.399. The Hall–Kier alpha value is -1.54. The van der Waals surface area contributed by atoms with Crippen molar-refractivity contribution in [2.75, 3.05) is 36.2 Å². The lowest BCUT2D eigenvalue weighted by Gasteiger charge is -2.17. The second kappa shape index (κ2) is 9.41. The van der Waals surface area contributed by atoms with Crippen LogP contribution in [0.4, 0.5) is 5.82 Å². The van der Waals surface area contributed by atoms with Crippen LogP contribution in [0.25, 0.3) is 11.0 Å². The van der Waals surface area contributed by atoms with Crippen molar-refractivity contribution in [3.05, 3.63) is 6.20 Å². The van der Waals surface area contributed by atoms with Crippen molar-refractivity contribution in [1.82, 2.24) is 25.1 Å². The van der Waals surface area contributed by atoms with Crippen LogP contribution in [-0.2, 0) is 11.3 Å². The number of alkyl halides is 1. The van der Waals surface area contributed by atoms with Gasteiger partial charge in [0.25, 0.3) is 0 Å². The predicted molar refractivity (Wildman–Crippen MR) is 106 cm³/mol. The van der Waals surface area contributed by atoms with E-state index in [1.165, 1.54) is 12.8 Å². The standard InChI is InChI=1S/C17H25ClN6OS/c1-2-26-17-21-15(23-9-3-4-10-23)13-12-20-24(16(13)22-17)11-8-19-14(25)6-5-7-18/h12H,2-11H2,1H3,(H,19,25). The van der Waals surface area contributed by atoms with Gasteiger partial charge in [0.05, 0.1) is 18.1 Å². The lowest BCUT2D eigenvalue weighted by Crippen LogP contribution is -2.27. The van der Waals surface area contributed by atoms with Gasteiger partial charge in [-0.1, -0.05) is 18.7 Å². The first-order valence-corrected chi connectivity index (χ1v) is 10.7. The number of hydrogen-bond donors (Lipinski definition) is 1. The summed E-state index contributed by atoms with van der Waals surface area (Å²) in [5.41, 5.74) is 0.841. The summed E-state index contributed by atoms with van der Waals surface area (Å²) < 4.78 is 1.86. The summed E-state index contributed by atoms with van der Waals surface area (Å²) in [6.45, 7) is 5.27. The highest BCUT2D eigenvalue weighted by molar-refractivity contribution is 7.99. The summed E-state index contributed by atoms with van der Waals surface area (Å²) in [7, 11) is 0. The number of hydrogen-bond acceptors (Lipinski definition) is 6. The van der Waals surface area contributed by atoms with Crippen LogP contribution < -0.4 is 10.2 Å². The molecule has 26 heavy (non-hydrogen) atoms. The maximum Gasteiger partial charge on any atom is 0.220 e. The van der Waals surface area contributed by atoms with Crippen LogP contribution in [0.15, 0.2) is 11.4 Å². The highest BCUT2D eigenvalue weighted by Gasteiger charge is 2.20. The maximum absolute atomic E-state index is 11.7. The third kappa shape index (κ3) is 4.59. The number of aromatic nitrogens is 4. The maximum atomic E-state index is 11.7. The van der Waals surface area contributed by atoms with Crippen molar-refractivity contribution < 1.29 is 4.79 Å². The van der Waals surface area contributed by atoms with Crippen LogP contribution in [0.1, 0.15) is 32.6 Å². The minimum atomic E-state index is 0.0247. The number of thioether (sulfide) groups is 1. The molecule has 0 radical (unpaired) electrons. The fourth-order valence-electron chi connectivity index (χ4n) is 3.07. The average Bonchev–Trinajstić information content (AvgIpc) is 3.30. The van der Waals surface area contributed by atoms with Gasteiger partial charge in [-0.25, -0.2) is 14.6 Å². The molecule has 3 heterocycles. The molecule has 3 rings (SSSR count). The molecule has 2 aromatic rings.